The smallest absolute Gasteiger partial charge is 0.356 e. The van der Waals surface area contributed by atoms with Crippen LogP contribution in [0.25, 0.3) is 21.8 Å². The van der Waals surface area contributed by atoms with Crippen molar-refractivity contribution in [2.75, 3.05) is 19.8 Å². The Morgan fingerprint density at radius 1 is 1.29 bits per heavy atom. The molecule has 1 aliphatic rings. The average molecular weight is 378 g/mol. The molecule has 6 nitrogen and oxygen atoms in total. The first kappa shape index (κ1) is 18.5. The number of ether oxygens (including phenoxy) is 3. The molecule has 3 heterocycles. The van der Waals surface area contributed by atoms with Gasteiger partial charge in [0.15, 0.2) is 6.29 Å². The molecule has 0 aliphatic carbocycles. The van der Waals surface area contributed by atoms with Crippen LogP contribution in [0.1, 0.15) is 42.2 Å². The van der Waals surface area contributed by atoms with Crippen molar-refractivity contribution in [3.05, 3.63) is 41.7 Å². The van der Waals surface area contributed by atoms with E-state index in [1.165, 1.54) is 0 Å². The Morgan fingerprint density at radius 2 is 2.18 bits per heavy atom. The van der Waals surface area contributed by atoms with Crippen molar-refractivity contribution in [1.29, 1.82) is 0 Å². The molecule has 1 atom stereocenters. The number of carbonyl (C=O) groups is 1. The van der Waals surface area contributed by atoms with Crippen LogP contribution in [0, 0.1) is 11.8 Å². The zero-order valence-electron chi connectivity index (χ0n) is 15.8. The Morgan fingerprint density at radius 3 is 3.00 bits per heavy atom. The second-order valence-corrected chi connectivity index (χ2v) is 6.63. The minimum absolute atomic E-state index is 0.132. The number of hydrogen-bond donors (Lipinski definition) is 1. The van der Waals surface area contributed by atoms with E-state index < -0.39 is 5.97 Å². The number of esters is 1. The number of H-pyrrole nitrogens is 1. The molecule has 0 radical (unpaired) electrons. The quantitative estimate of drug-likeness (QED) is 0.552. The van der Waals surface area contributed by atoms with E-state index >= 15 is 0 Å². The van der Waals surface area contributed by atoms with Gasteiger partial charge in [0.1, 0.15) is 12.3 Å². The van der Waals surface area contributed by atoms with Gasteiger partial charge in [-0.25, -0.2) is 9.78 Å². The molecule has 6 heteroatoms. The summed E-state index contributed by atoms with van der Waals surface area (Å²) in [4.78, 5) is 19.5. The summed E-state index contributed by atoms with van der Waals surface area (Å²) < 4.78 is 16.2. The van der Waals surface area contributed by atoms with Crippen LogP contribution in [0.4, 0.5) is 0 Å². The number of carbonyl (C=O) groups excluding carboxylic acids is 1. The molecule has 0 saturated carbocycles. The summed E-state index contributed by atoms with van der Waals surface area (Å²) in [5.41, 5.74) is 3.02. The van der Waals surface area contributed by atoms with Crippen LogP contribution in [0.3, 0.4) is 0 Å². The van der Waals surface area contributed by atoms with Gasteiger partial charge >= 0.3 is 5.97 Å². The van der Waals surface area contributed by atoms with Crippen LogP contribution in [0.5, 0.6) is 0 Å². The van der Waals surface area contributed by atoms with Crippen LogP contribution in [-0.2, 0) is 14.2 Å². The van der Waals surface area contributed by atoms with Crippen LogP contribution in [-0.4, -0.2) is 42.0 Å². The molecule has 3 aromatic rings. The largest absolute Gasteiger partial charge is 0.461 e. The van der Waals surface area contributed by atoms with Crippen LogP contribution in [0.2, 0.25) is 0 Å². The first-order valence-corrected chi connectivity index (χ1v) is 9.55. The van der Waals surface area contributed by atoms with Crippen molar-refractivity contribution in [3.63, 3.8) is 0 Å². The first-order valence-electron chi connectivity index (χ1n) is 9.55. The summed E-state index contributed by atoms with van der Waals surface area (Å²) >= 11 is 0. The third kappa shape index (κ3) is 4.01. The monoisotopic (exact) mass is 378 g/mol. The van der Waals surface area contributed by atoms with Gasteiger partial charge in [-0.2, -0.15) is 0 Å². The molecule has 4 rings (SSSR count). The van der Waals surface area contributed by atoms with Crippen molar-refractivity contribution in [3.8, 4) is 11.8 Å². The Hall–Kier alpha value is -2.88. The normalized spacial score (nSPS) is 16.7. The standard InChI is InChI=1S/C22H22N2O4/c1-2-26-22(25)19-13-17-16-12-15(8-9-18(16)24-20(17)14-23-19)6-5-11-28-21-7-3-4-10-27-21/h8-9,12-14,21,24H,2-4,7,10-11H2,1H3. The Labute approximate surface area is 163 Å². The lowest BCUT2D eigenvalue weighted by Gasteiger charge is -2.21. The second kappa shape index (κ2) is 8.42. The minimum Gasteiger partial charge on any atom is -0.461 e. The summed E-state index contributed by atoms with van der Waals surface area (Å²) in [5.74, 6) is 5.77. The molecule has 1 aromatic carbocycles. The minimum atomic E-state index is -0.420. The number of hydrogen-bond acceptors (Lipinski definition) is 5. The van der Waals surface area contributed by atoms with Crippen molar-refractivity contribution in [1.82, 2.24) is 9.97 Å². The number of aromatic amines is 1. The lowest BCUT2D eigenvalue weighted by Crippen LogP contribution is -2.22. The molecule has 0 amide bonds. The summed E-state index contributed by atoms with van der Waals surface area (Å²) in [6.45, 7) is 3.20. The van der Waals surface area contributed by atoms with Crippen LogP contribution < -0.4 is 0 Å². The average Bonchev–Trinajstić information content (AvgIpc) is 3.09. The molecule has 2 aromatic heterocycles. The highest BCUT2D eigenvalue weighted by Crippen LogP contribution is 2.26. The fraction of sp³-hybridized carbons (Fsp3) is 0.364. The van der Waals surface area contributed by atoms with Gasteiger partial charge in [0.25, 0.3) is 0 Å². The maximum Gasteiger partial charge on any atom is 0.356 e. The van der Waals surface area contributed by atoms with Crippen molar-refractivity contribution in [2.45, 2.75) is 32.5 Å². The number of benzene rings is 1. The highest BCUT2D eigenvalue weighted by molar-refractivity contribution is 6.09. The van der Waals surface area contributed by atoms with Gasteiger partial charge in [0.2, 0.25) is 0 Å². The van der Waals surface area contributed by atoms with E-state index in [4.69, 9.17) is 14.2 Å². The Bertz CT molecular complexity index is 1050. The lowest BCUT2D eigenvalue weighted by molar-refractivity contribution is -0.154. The van der Waals surface area contributed by atoms with Crippen molar-refractivity contribution >= 4 is 27.8 Å². The van der Waals surface area contributed by atoms with E-state index in [9.17, 15) is 4.79 Å². The summed E-state index contributed by atoms with van der Waals surface area (Å²) in [6.07, 6.45) is 4.69. The predicted octanol–water partition coefficient (Wildman–Crippen LogP) is 3.79. The molecular weight excluding hydrogens is 356 g/mol. The zero-order valence-corrected chi connectivity index (χ0v) is 15.8. The molecule has 1 fully saturated rings. The fourth-order valence-corrected chi connectivity index (χ4v) is 3.31. The first-order chi connectivity index (χ1) is 13.7. The SMILES string of the molecule is CCOC(=O)c1cc2c(cn1)[nH]c1ccc(C#CCOC3CCCCO3)cc12. The molecule has 1 aliphatic heterocycles. The molecule has 1 unspecified atom stereocenters. The number of fused-ring (bicyclic) bond motifs is 3. The third-order valence-electron chi connectivity index (χ3n) is 4.68. The zero-order chi connectivity index (χ0) is 19.3. The highest BCUT2D eigenvalue weighted by Gasteiger charge is 2.13. The lowest BCUT2D eigenvalue weighted by atomic mass is 10.1. The molecule has 0 bridgehead atoms. The molecule has 1 N–H and O–H groups in total. The van der Waals surface area contributed by atoms with Gasteiger partial charge in [-0.05, 0) is 50.5 Å². The number of pyridine rings is 1. The number of nitrogens with zero attached hydrogens (tertiary/aromatic N) is 1. The fourth-order valence-electron chi connectivity index (χ4n) is 3.31. The van der Waals surface area contributed by atoms with Gasteiger partial charge in [0.05, 0.1) is 18.3 Å². The van der Waals surface area contributed by atoms with E-state index in [0.717, 1.165) is 53.2 Å². The third-order valence-corrected chi connectivity index (χ3v) is 4.68. The summed E-state index contributed by atoms with van der Waals surface area (Å²) in [6, 6.07) is 7.70. The van der Waals surface area contributed by atoms with Crippen molar-refractivity contribution < 1.29 is 19.0 Å². The molecule has 28 heavy (non-hydrogen) atoms. The highest BCUT2D eigenvalue weighted by atomic mass is 16.7. The summed E-state index contributed by atoms with van der Waals surface area (Å²) in [7, 11) is 0. The summed E-state index contributed by atoms with van der Waals surface area (Å²) in [5, 5.41) is 1.91. The number of nitrogens with one attached hydrogen (secondary N) is 1. The predicted molar refractivity (Wildman–Crippen MR) is 106 cm³/mol. The second-order valence-electron chi connectivity index (χ2n) is 6.63. The van der Waals surface area contributed by atoms with E-state index in [-0.39, 0.29) is 6.29 Å². The Balaban J connectivity index is 1.55. The Kier molecular flexibility index (Phi) is 5.56. The van der Waals surface area contributed by atoms with Gasteiger partial charge in [0, 0.05) is 28.5 Å². The van der Waals surface area contributed by atoms with Crippen molar-refractivity contribution in [2.24, 2.45) is 0 Å². The molecule has 1 saturated heterocycles. The van der Waals surface area contributed by atoms with Gasteiger partial charge in [-0.15, -0.1) is 0 Å². The van der Waals surface area contributed by atoms with Crippen LogP contribution >= 0.6 is 0 Å². The van der Waals surface area contributed by atoms with E-state index in [1.54, 1.807) is 19.2 Å². The van der Waals surface area contributed by atoms with Gasteiger partial charge in [-0.1, -0.05) is 11.8 Å². The topological polar surface area (TPSA) is 73.4 Å². The molecular formula is C22H22N2O4. The molecule has 144 valence electrons. The molecule has 0 spiro atoms. The number of rotatable bonds is 4. The van der Waals surface area contributed by atoms with E-state index in [0.29, 0.717) is 18.9 Å². The van der Waals surface area contributed by atoms with E-state index in [1.807, 2.05) is 18.2 Å². The van der Waals surface area contributed by atoms with Gasteiger partial charge < -0.3 is 19.2 Å². The maximum atomic E-state index is 12.0. The van der Waals surface area contributed by atoms with Gasteiger partial charge in [-0.3, -0.25) is 0 Å². The van der Waals surface area contributed by atoms with Crippen LogP contribution in [0.15, 0.2) is 30.5 Å². The number of aromatic nitrogens is 2. The maximum absolute atomic E-state index is 12.0. The van der Waals surface area contributed by atoms with E-state index in [2.05, 4.69) is 21.8 Å².